The Balaban J connectivity index is 2.12. The van der Waals surface area contributed by atoms with E-state index in [1.807, 2.05) is 12.2 Å². The maximum Gasteiger partial charge on any atom is 0.123 e. The Labute approximate surface area is 107 Å². The molecule has 4 heteroatoms. The van der Waals surface area contributed by atoms with Crippen LogP contribution in [0.25, 0.3) is 6.08 Å². The second-order valence-electron chi connectivity index (χ2n) is 4.06. The highest BCUT2D eigenvalue weighted by molar-refractivity contribution is 5.48. The molecule has 0 radical (unpaired) electrons. The molecule has 1 atom stereocenters. The number of methoxy groups -OCH3 is 1. The number of rotatable bonds is 8. The molecule has 0 fully saturated rings. The second kappa shape index (κ2) is 8.80. The van der Waals surface area contributed by atoms with Crippen molar-refractivity contribution in [2.45, 2.75) is 12.5 Å². The number of hydrogen-bond acceptors (Lipinski definition) is 3. The molecule has 1 aromatic rings. The monoisotopic (exact) mass is 253 g/mol. The highest BCUT2D eigenvalue weighted by Gasteiger charge is 2.00. The molecule has 1 rings (SSSR count). The van der Waals surface area contributed by atoms with Gasteiger partial charge in [-0.3, -0.25) is 0 Å². The van der Waals surface area contributed by atoms with E-state index >= 15 is 0 Å². The van der Waals surface area contributed by atoms with E-state index in [4.69, 9.17) is 4.74 Å². The van der Waals surface area contributed by atoms with Gasteiger partial charge in [0.25, 0.3) is 0 Å². The Hall–Kier alpha value is -1.23. The quantitative estimate of drug-likeness (QED) is 0.694. The van der Waals surface area contributed by atoms with E-state index in [0.717, 1.165) is 18.7 Å². The van der Waals surface area contributed by atoms with Crippen molar-refractivity contribution in [1.82, 2.24) is 5.32 Å². The van der Waals surface area contributed by atoms with E-state index in [9.17, 15) is 9.50 Å². The topological polar surface area (TPSA) is 41.5 Å². The standard InChI is InChI=1S/C14H20FNO2/c1-18-11-14(17)8-10-16-9-2-3-12-4-6-13(15)7-5-12/h2-7,14,16-17H,8-11H2,1H3/b3-2+. The zero-order chi connectivity index (χ0) is 13.2. The lowest BCUT2D eigenvalue weighted by Crippen LogP contribution is -2.23. The summed E-state index contributed by atoms with van der Waals surface area (Å²) in [4.78, 5) is 0. The normalized spacial score (nSPS) is 13.1. The van der Waals surface area contributed by atoms with Gasteiger partial charge in [0.15, 0.2) is 0 Å². The Kier molecular flexibility index (Phi) is 7.25. The van der Waals surface area contributed by atoms with Crippen LogP contribution in [0.15, 0.2) is 30.3 Å². The molecular weight excluding hydrogens is 233 g/mol. The van der Waals surface area contributed by atoms with Crippen LogP contribution in [0, 0.1) is 5.82 Å². The van der Waals surface area contributed by atoms with Gasteiger partial charge in [0, 0.05) is 13.7 Å². The third kappa shape index (κ3) is 6.49. The first-order valence-electron chi connectivity index (χ1n) is 6.02. The van der Waals surface area contributed by atoms with Crippen molar-refractivity contribution < 1.29 is 14.2 Å². The summed E-state index contributed by atoms with van der Waals surface area (Å²) >= 11 is 0. The van der Waals surface area contributed by atoms with Crippen molar-refractivity contribution >= 4 is 6.08 Å². The maximum absolute atomic E-state index is 12.6. The zero-order valence-corrected chi connectivity index (χ0v) is 10.6. The molecule has 0 spiro atoms. The van der Waals surface area contributed by atoms with Crippen molar-refractivity contribution in [3.63, 3.8) is 0 Å². The highest BCUT2D eigenvalue weighted by Crippen LogP contribution is 2.04. The van der Waals surface area contributed by atoms with Crippen LogP contribution in [0.2, 0.25) is 0 Å². The van der Waals surface area contributed by atoms with Gasteiger partial charge in [-0.2, -0.15) is 0 Å². The van der Waals surface area contributed by atoms with Gasteiger partial charge < -0.3 is 15.2 Å². The molecule has 3 nitrogen and oxygen atoms in total. The summed E-state index contributed by atoms with van der Waals surface area (Å²) in [5.41, 5.74) is 0.970. The molecule has 0 heterocycles. The Morgan fingerprint density at radius 2 is 2.11 bits per heavy atom. The number of hydrogen-bond donors (Lipinski definition) is 2. The van der Waals surface area contributed by atoms with Gasteiger partial charge in [0.2, 0.25) is 0 Å². The molecule has 0 aliphatic rings. The third-order valence-electron chi connectivity index (χ3n) is 2.46. The lowest BCUT2D eigenvalue weighted by Gasteiger charge is -2.08. The van der Waals surface area contributed by atoms with Gasteiger partial charge in [0.05, 0.1) is 12.7 Å². The van der Waals surface area contributed by atoms with Crippen LogP contribution in [0.1, 0.15) is 12.0 Å². The van der Waals surface area contributed by atoms with Crippen LogP contribution in [0.4, 0.5) is 4.39 Å². The van der Waals surface area contributed by atoms with Crippen molar-refractivity contribution in [2.75, 3.05) is 26.8 Å². The average Bonchev–Trinajstić information content (AvgIpc) is 2.36. The van der Waals surface area contributed by atoms with E-state index in [1.54, 1.807) is 19.2 Å². The Morgan fingerprint density at radius 1 is 1.39 bits per heavy atom. The molecule has 0 saturated carbocycles. The fourth-order valence-electron chi connectivity index (χ4n) is 1.50. The molecular formula is C14H20FNO2. The number of ether oxygens (including phenoxy) is 1. The molecule has 0 aliphatic heterocycles. The van der Waals surface area contributed by atoms with E-state index in [-0.39, 0.29) is 5.82 Å². The molecule has 0 aliphatic carbocycles. The summed E-state index contributed by atoms with van der Waals surface area (Å²) in [6.45, 7) is 1.82. The Bertz CT molecular complexity index is 351. The predicted octanol–water partition coefficient (Wildman–Crippen LogP) is 1.83. The van der Waals surface area contributed by atoms with Crippen molar-refractivity contribution in [1.29, 1.82) is 0 Å². The first-order valence-corrected chi connectivity index (χ1v) is 6.02. The van der Waals surface area contributed by atoms with Crippen LogP contribution >= 0.6 is 0 Å². The summed E-state index contributed by atoms with van der Waals surface area (Å²) in [5.74, 6) is -0.225. The van der Waals surface area contributed by atoms with E-state index < -0.39 is 6.10 Å². The number of nitrogens with one attached hydrogen (secondary N) is 1. The lowest BCUT2D eigenvalue weighted by molar-refractivity contribution is 0.0596. The molecule has 0 bridgehead atoms. The molecule has 0 aromatic heterocycles. The zero-order valence-electron chi connectivity index (χ0n) is 10.6. The summed E-state index contributed by atoms with van der Waals surface area (Å²) in [7, 11) is 1.57. The van der Waals surface area contributed by atoms with Gasteiger partial charge in [-0.1, -0.05) is 24.3 Å². The first-order chi connectivity index (χ1) is 8.72. The molecule has 0 amide bonds. The minimum Gasteiger partial charge on any atom is -0.391 e. The van der Waals surface area contributed by atoms with Gasteiger partial charge in [-0.05, 0) is 30.7 Å². The predicted molar refractivity (Wildman–Crippen MR) is 70.8 cm³/mol. The van der Waals surface area contributed by atoms with E-state index in [2.05, 4.69) is 5.32 Å². The number of aliphatic hydroxyl groups is 1. The largest absolute Gasteiger partial charge is 0.391 e. The molecule has 1 aromatic carbocycles. The SMILES string of the molecule is COCC(O)CCNC/C=C/c1ccc(F)cc1. The minimum atomic E-state index is -0.413. The minimum absolute atomic E-state index is 0.225. The van der Waals surface area contributed by atoms with E-state index in [1.165, 1.54) is 12.1 Å². The van der Waals surface area contributed by atoms with Crippen LogP contribution in [0.3, 0.4) is 0 Å². The average molecular weight is 253 g/mol. The number of halogens is 1. The summed E-state index contributed by atoms with van der Waals surface area (Å²) < 4.78 is 17.5. The van der Waals surface area contributed by atoms with Crippen molar-refractivity contribution in [3.05, 3.63) is 41.7 Å². The first kappa shape index (κ1) is 14.8. The molecule has 2 N–H and O–H groups in total. The smallest absolute Gasteiger partial charge is 0.123 e. The Morgan fingerprint density at radius 3 is 2.78 bits per heavy atom. The lowest BCUT2D eigenvalue weighted by atomic mass is 10.2. The fraction of sp³-hybridized carbons (Fsp3) is 0.429. The molecule has 1 unspecified atom stereocenters. The van der Waals surface area contributed by atoms with Gasteiger partial charge in [-0.25, -0.2) is 4.39 Å². The van der Waals surface area contributed by atoms with Gasteiger partial charge in [0.1, 0.15) is 5.82 Å². The van der Waals surface area contributed by atoms with Crippen LogP contribution < -0.4 is 5.32 Å². The fourth-order valence-corrected chi connectivity index (χ4v) is 1.50. The molecule has 100 valence electrons. The second-order valence-corrected chi connectivity index (χ2v) is 4.06. The van der Waals surface area contributed by atoms with Gasteiger partial charge in [-0.15, -0.1) is 0 Å². The number of benzene rings is 1. The summed E-state index contributed by atoms with van der Waals surface area (Å²) in [6, 6.07) is 6.34. The van der Waals surface area contributed by atoms with Crippen LogP contribution in [0.5, 0.6) is 0 Å². The molecule has 18 heavy (non-hydrogen) atoms. The molecule has 0 saturated heterocycles. The highest BCUT2D eigenvalue weighted by atomic mass is 19.1. The van der Waals surface area contributed by atoms with Crippen LogP contribution in [-0.2, 0) is 4.74 Å². The summed E-state index contributed by atoms with van der Waals surface area (Å²) in [6.07, 6.45) is 4.15. The van der Waals surface area contributed by atoms with Crippen LogP contribution in [-0.4, -0.2) is 38.0 Å². The third-order valence-corrected chi connectivity index (χ3v) is 2.46. The number of aliphatic hydroxyl groups excluding tert-OH is 1. The van der Waals surface area contributed by atoms with E-state index in [0.29, 0.717) is 13.0 Å². The van der Waals surface area contributed by atoms with Crippen molar-refractivity contribution in [2.24, 2.45) is 0 Å². The van der Waals surface area contributed by atoms with Crippen molar-refractivity contribution in [3.8, 4) is 0 Å². The van der Waals surface area contributed by atoms with Gasteiger partial charge >= 0.3 is 0 Å². The maximum atomic E-state index is 12.6. The summed E-state index contributed by atoms with van der Waals surface area (Å²) in [5, 5.41) is 12.6.